The summed E-state index contributed by atoms with van der Waals surface area (Å²) in [5.41, 5.74) is 1.86. The molecule has 0 spiro atoms. The Kier molecular flexibility index (Phi) is 7.84. The molecule has 34 heavy (non-hydrogen) atoms. The van der Waals surface area contributed by atoms with Crippen LogP contribution in [0, 0.1) is 17.7 Å². The number of fused-ring (bicyclic) bond motifs is 1. The smallest absolute Gasteiger partial charge is 0.259 e. The van der Waals surface area contributed by atoms with E-state index in [9.17, 15) is 14.3 Å². The highest BCUT2D eigenvalue weighted by atomic mass is 19.1. The predicted octanol–water partition coefficient (Wildman–Crippen LogP) is 4.23. The van der Waals surface area contributed by atoms with Crippen molar-refractivity contribution in [1.29, 1.82) is 0 Å². The summed E-state index contributed by atoms with van der Waals surface area (Å²) in [6.07, 6.45) is 6.74. The van der Waals surface area contributed by atoms with E-state index < -0.39 is 0 Å². The van der Waals surface area contributed by atoms with Gasteiger partial charge in [-0.2, -0.15) is 0 Å². The largest absolute Gasteiger partial charge is 0.472 e. The van der Waals surface area contributed by atoms with Crippen molar-refractivity contribution in [2.24, 2.45) is 11.8 Å². The minimum atomic E-state index is -0.327. The van der Waals surface area contributed by atoms with Gasteiger partial charge >= 0.3 is 0 Å². The Morgan fingerprint density at radius 3 is 2.59 bits per heavy atom. The summed E-state index contributed by atoms with van der Waals surface area (Å²) < 4.78 is 19.8. The molecule has 1 aliphatic heterocycles. The van der Waals surface area contributed by atoms with Gasteiger partial charge in [-0.05, 0) is 56.5 Å². The zero-order valence-electron chi connectivity index (χ0n) is 20.4. The minimum absolute atomic E-state index is 0.0655. The van der Waals surface area contributed by atoms with Gasteiger partial charge in [0.15, 0.2) is 0 Å². The summed E-state index contributed by atoms with van der Waals surface area (Å²) in [4.78, 5) is 22.2. The third-order valence-corrected chi connectivity index (χ3v) is 7.23. The highest BCUT2D eigenvalue weighted by molar-refractivity contribution is 5.98. The van der Waals surface area contributed by atoms with E-state index in [1.165, 1.54) is 37.8 Å². The van der Waals surface area contributed by atoms with Crippen molar-refractivity contribution in [2.45, 2.75) is 51.7 Å². The number of benzene rings is 1. The van der Waals surface area contributed by atoms with Crippen LogP contribution in [-0.2, 0) is 0 Å². The van der Waals surface area contributed by atoms with Crippen LogP contribution in [0.2, 0.25) is 0 Å². The molecule has 3 atom stereocenters. The molecule has 2 heterocycles. The van der Waals surface area contributed by atoms with Crippen LogP contribution in [0.5, 0.6) is 5.88 Å². The van der Waals surface area contributed by atoms with Crippen LogP contribution < -0.4 is 4.74 Å². The van der Waals surface area contributed by atoms with E-state index in [0.717, 1.165) is 30.1 Å². The normalized spacial score (nSPS) is 22.3. The number of amides is 1. The van der Waals surface area contributed by atoms with Gasteiger partial charge in [0.25, 0.3) is 5.91 Å². The van der Waals surface area contributed by atoms with Gasteiger partial charge in [0.2, 0.25) is 5.88 Å². The number of halogens is 1. The quantitative estimate of drug-likeness (QED) is 0.658. The fraction of sp³-hybridized carbons (Fsp3) is 0.556. The highest BCUT2D eigenvalue weighted by Gasteiger charge is 2.34. The molecule has 1 aromatic carbocycles. The molecule has 1 aromatic heterocycles. The molecular formula is C27H36FN3O3. The number of ether oxygens (including phenoxy) is 1. The van der Waals surface area contributed by atoms with Gasteiger partial charge in [-0.25, -0.2) is 9.37 Å². The predicted molar refractivity (Wildman–Crippen MR) is 130 cm³/mol. The van der Waals surface area contributed by atoms with Crippen LogP contribution in [0.3, 0.4) is 0 Å². The monoisotopic (exact) mass is 469 g/mol. The second-order valence-corrected chi connectivity index (χ2v) is 10.1. The summed E-state index contributed by atoms with van der Waals surface area (Å²) >= 11 is 0. The first kappa shape index (κ1) is 24.6. The molecule has 2 aromatic rings. The molecule has 4 rings (SSSR count). The molecule has 1 N–H and O–H groups in total. The van der Waals surface area contributed by atoms with Crippen LogP contribution in [0.25, 0.3) is 11.1 Å². The van der Waals surface area contributed by atoms with Crippen molar-refractivity contribution in [3.05, 3.63) is 47.9 Å². The molecule has 7 heteroatoms. The fourth-order valence-electron chi connectivity index (χ4n) is 5.14. The van der Waals surface area contributed by atoms with E-state index in [1.54, 1.807) is 29.3 Å². The zero-order valence-corrected chi connectivity index (χ0v) is 20.4. The van der Waals surface area contributed by atoms with E-state index in [0.29, 0.717) is 18.0 Å². The summed E-state index contributed by atoms with van der Waals surface area (Å²) in [5, 5.41) is 9.85. The van der Waals surface area contributed by atoms with Crippen molar-refractivity contribution < 1.29 is 19.0 Å². The average molecular weight is 470 g/mol. The second-order valence-electron chi connectivity index (χ2n) is 10.1. The Labute approximate surface area is 201 Å². The first-order valence-corrected chi connectivity index (χ1v) is 12.4. The molecule has 1 fully saturated rings. The fourth-order valence-corrected chi connectivity index (χ4v) is 5.14. The number of rotatable bonds is 7. The lowest BCUT2D eigenvalue weighted by atomic mass is 9.98. The summed E-state index contributed by atoms with van der Waals surface area (Å²) in [7, 11) is 2.14. The number of carbonyl (C=O) groups excluding carboxylic acids is 1. The Balaban J connectivity index is 1.64. The molecule has 1 aliphatic carbocycles. The molecule has 0 unspecified atom stereocenters. The second kappa shape index (κ2) is 10.8. The number of aliphatic hydroxyl groups excluding tert-OH is 1. The number of carbonyl (C=O) groups is 1. The van der Waals surface area contributed by atoms with Gasteiger partial charge in [0, 0.05) is 37.3 Å². The number of nitrogens with zero attached hydrogens (tertiary/aromatic N) is 3. The summed E-state index contributed by atoms with van der Waals surface area (Å²) in [6, 6.07) is 7.57. The SMILES string of the molecule is C[C@H]1CN([C@@H](C)CO)C(=O)c2cc(-c3ccc(F)cc3)cnc2O[C@H]1CN(C)CC1CCCC1. The van der Waals surface area contributed by atoms with Crippen molar-refractivity contribution in [1.82, 2.24) is 14.8 Å². The number of hydrogen-bond donors (Lipinski definition) is 1. The maximum absolute atomic E-state index is 13.6. The van der Waals surface area contributed by atoms with E-state index in [2.05, 4.69) is 23.9 Å². The molecular weight excluding hydrogens is 433 g/mol. The van der Waals surface area contributed by atoms with Gasteiger partial charge in [-0.3, -0.25) is 4.79 Å². The molecule has 0 radical (unpaired) electrons. The number of likely N-dealkylation sites (N-methyl/N-ethyl adjacent to an activating group) is 1. The Hall–Kier alpha value is -2.51. The van der Waals surface area contributed by atoms with Crippen molar-refractivity contribution in [3.8, 4) is 17.0 Å². The molecule has 6 nitrogen and oxygen atoms in total. The first-order chi connectivity index (χ1) is 16.4. The Morgan fingerprint density at radius 2 is 1.91 bits per heavy atom. The number of hydrogen-bond acceptors (Lipinski definition) is 5. The van der Waals surface area contributed by atoms with Crippen LogP contribution in [0.4, 0.5) is 4.39 Å². The number of aromatic nitrogens is 1. The highest BCUT2D eigenvalue weighted by Crippen LogP contribution is 2.31. The Morgan fingerprint density at radius 1 is 1.21 bits per heavy atom. The van der Waals surface area contributed by atoms with Crippen LogP contribution in [0.15, 0.2) is 36.5 Å². The topological polar surface area (TPSA) is 65.9 Å². The van der Waals surface area contributed by atoms with Crippen molar-refractivity contribution >= 4 is 5.91 Å². The molecule has 1 amide bonds. The summed E-state index contributed by atoms with van der Waals surface area (Å²) in [5.74, 6) is 0.596. The van der Waals surface area contributed by atoms with E-state index in [4.69, 9.17) is 4.74 Å². The maximum Gasteiger partial charge on any atom is 0.259 e. The first-order valence-electron chi connectivity index (χ1n) is 12.4. The molecule has 2 aliphatic rings. The molecule has 184 valence electrons. The lowest BCUT2D eigenvalue weighted by molar-refractivity contribution is 0.0320. The van der Waals surface area contributed by atoms with Gasteiger partial charge in [-0.1, -0.05) is 31.9 Å². The van der Waals surface area contributed by atoms with Crippen LogP contribution >= 0.6 is 0 Å². The van der Waals surface area contributed by atoms with E-state index in [-0.39, 0.29) is 36.4 Å². The standard InChI is InChI=1S/C27H36FN3O3/c1-18-14-31(19(2)17-32)27(33)24-12-22(21-8-10-23(28)11-9-21)13-29-26(24)34-25(18)16-30(3)15-20-6-4-5-7-20/h8-13,18-20,25,32H,4-7,14-17H2,1-3H3/t18-,19-,25-/m0/s1. The van der Waals surface area contributed by atoms with Gasteiger partial charge < -0.3 is 19.6 Å². The molecule has 0 saturated heterocycles. The van der Waals surface area contributed by atoms with Crippen LogP contribution in [-0.4, -0.2) is 71.2 Å². The van der Waals surface area contributed by atoms with Crippen LogP contribution in [0.1, 0.15) is 49.9 Å². The van der Waals surface area contributed by atoms with Crippen molar-refractivity contribution in [2.75, 3.05) is 33.3 Å². The Bertz CT molecular complexity index is 978. The third-order valence-electron chi connectivity index (χ3n) is 7.23. The summed E-state index contributed by atoms with van der Waals surface area (Å²) in [6.45, 7) is 6.11. The lowest BCUT2D eigenvalue weighted by Gasteiger charge is -2.38. The van der Waals surface area contributed by atoms with Gasteiger partial charge in [0.05, 0.1) is 12.6 Å². The third kappa shape index (κ3) is 5.58. The zero-order chi connectivity index (χ0) is 24.2. The van der Waals surface area contributed by atoms with Crippen molar-refractivity contribution in [3.63, 3.8) is 0 Å². The minimum Gasteiger partial charge on any atom is -0.472 e. The average Bonchev–Trinajstić information content (AvgIpc) is 3.34. The van der Waals surface area contributed by atoms with Gasteiger partial charge in [-0.15, -0.1) is 0 Å². The molecule has 0 bridgehead atoms. The van der Waals surface area contributed by atoms with E-state index in [1.807, 2.05) is 6.92 Å². The van der Waals surface area contributed by atoms with Gasteiger partial charge in [0.1, 0.15) is 17.5 Å². The molecule has 1 saturated carbocycles. The number of pyridine rings is 1. The number of aliphatic hydroxyl groups is 1. The lowest BCUT2D eigenvalue weighted by Crippen LogP contribution is -2.50. The maximum atomic E-state index is 13.6. The van der Waals surface area contributed by atoms with E-state index >= 15 is 0 Å².